The molecule has 1 aromatic heterocycles. The highest BCUT2D eigenvalue weighted by atomic mass is 35.5. The minimum Gasteiger partial charge on any atom is -0.497 e. The van der Waals surface area contributed by atoms with Gasteiger partial charge >= 0.3 is 5.97 Å². The molecule has 0 spiro atoms. The molecule has 0 atom stereocenters. The molecule has 5 aromatic rings. The third kappa shape index (κ3) is 7.15. The summed E-state index contributed by atoms with van der Waals surface area (Å²) in [5.41, 5.74) is 3.27. The second-order valence-corrected chi connectivity index (χ2v) is 12.1. The number of imidazole rings is 1. The summed E-state index contributed by atoms with van der Waals surface area (Å²) in [7, 11) is -0.994. The number of ether oxygens (including phenoxy) is 3. The lowest BCUT2D eigenvalue weighted by Gasteiger charge is -2.15. The van der Waals surface area contributed by atoms with Crippen LogP contribution in [0.25, 0.3) is 28.1 Å². The second kappa shape index (κ2) is 13.8. The zero-order valence-electron chi connectivity index (χ0n) is 24.3. The second-order valence-electron chi connectivity index (χ2n) is 9.97. The van der Waals surface area contributed by atoms with E-state index in [1.165, 1.54) is 31.4 Å². The maximum Gasteiger partial charge on any atom is 0.305 e. The van der Waals surface area contributed by atoms with E-state index in [9.17, 15) is 13.2 Å². The van der Waals surface area contributed by atoms with Crippen LogP contribution in [0.15, 0.2) is 95.9 Å². The van der Waals surface area contributed by atoms with E-state index in [4.69, 9.17) is 30.8 Å². The number of hydrogen-bond acceptors (Lipinski definition) is 7. The summed E-state index contributed by atoms with van der Waals surface area (Å²) in [6.07, 6.45) is 2.39. The number of aromatic nitrogens is 2. The van der Waals surface area contributed by atoms with Gasteiger partial charge in [0.1, 0.15) is 17.3 Å². The molecular weight excluding hydrogens is 602 g/mol. The van der Waals surface area contributed by atoms with Crippen LogP contribution in [-0.2, 0) is 19.6 Å². The molecule has 0 radical (unpaired) electrons. The van der Waals surface area contributed by atoms with Gasteiger partial charge in [-0.2, -0.15) is 0 Å². The number of hydrogen-bond donors (Lipinski definition) is 1. The van der Waals surface area contributed by atoms with Crippen LogP contribution < -0.4 is 14.2 Å². The van der Waals surface area contributed by atoms with Crippen LogP contribution in [0.5, 0.6) is 11.5 Å². The lowest BCUT2D eigenvalue weighted by atomic mass is 10.2. The largest absolute Gasteiger partial charge is 0.497 e. The van der Waals surface area contributed by atoms with E-state index in [0.29, 0.717) is 48.0 Å². The number of nitrogens with zero attached hydrogens (tertiary/aromatic N) is 2. The van der Waals surface area contributed by atoms with Crippen LogP contribution in [0.1, 0.15) is 25.7 Å². The van der Waals surface area contributed by atoms with E-state index in [-0.39, 0.29) is 16.6 Å². The summed E-state index contributed by atoms with van der Waals surface area (Å²) in [4.78, 5) is 16.5. The summed E-state index contributed by atoms with van der Waals surface area (Å²) in [5.74, 6) is 1.49. The number of methoxy groups -OCH3 is 2. The topological polar surface area (TPSA) is 109 Å². The average Bonchev–Trinajstić information content (AvgIpc) is 3.41. The molecule has 0 aliphatic carbocycles. The van der Waals surface area contributed by atoms with E-state index in [2.05, 4.69) is 4.72 Å². The van der Waals surface area contributed by atoms with E-state index in [1.54, 1.807) is 19.2 Å². The molecule has 0 saturated carbocycles. The van der Waals surface area contributed by atoms with Crippen molar-refractivity contribution < 1.29 is 27.4 Å². The Labute approximate surface area is 261 Å². The highest BCUT2D eigenvalue weighted by molar-refractivity contribution is 7.92. The van der Waals surface area contributed by atoms with Gasteiger partial charge in [0.15, 0.2) is 0 Å². The van der Waals surface area contributed by atoms with Crippen LogP contribution >= 0.6 is 11.6 Å². The number of carbonyl (C=O) groups excluding carboxylic acids is 1. The molecule has 5 rings (SSSR count). The quantitative estimate of drug-likeness (QED) is 0.107. The van der Waals surface area contributed by atoms with Crippen LogP contribution in [0.4, 0.5) is 5.69 Å². The van der Waals surface area contributed by atoms with E-state index in [0.717, 1.165) is 28.9 Å². The molecule has 1 N–H and O–H groups in total. The van der Waals surface area contributed by atoms with Crippen molar-refractivity contribution in [3.8, 4) is 28.6 Å². The number of anilines is 1. The first-order valence-electron chi connectivity index (χ1n) is 14.0. The third-order valence-corrected chi connectivity index (χ3v) is 8.63. The molecule has 9 nitrogen and oxygen atoms in total. The molecule has 0 aliphatic rings. The molecular formula is C33H32ClN3O6S. The van der Waals surface area contributed by atoms with Crippen molar-refractivity contribution >= 4 is 44.3 Å². The number of benzene rings is 4. The van der Waals surface area contributed by atoms with Gasteiger partial charge in [0.25, 0.3) is 10.0 Å². The minimum absolute atomic E-state index is 0.0597. The van der Waals surface area contributed by atoms with Crippen LogP contribution in [0.3, 0.4) is 0 Å². The van der Waals surface area contributed by atoms with Gasteiger partial charge in [-0.3, -0.25) is 14.1 Å². The molecule has 228 valence electrons. The van der Waals surface area contributed by atoms with Crippen molar-refractivity contribution in [1.29, 1.82) is 0 Å². The molecule has 0 unspecified atom stereocenters. The molecule has 4 aromatic carbocycles. The molecule has 0 amide bonds. The van der Waals surface area contributed by atoms with Gasteiger partial charge in [-0.05, 0) is 73.9 Å². The van der Waals surface area contributed by atoms with E-state index in [1.807, 2.05) is 59.2 Å². The third-order valence-electron chi connectivity index (χ3n) is 7.00. The monoisotopic (exact) mass is 633 g/mol. The van der Waals surface area contributed by atoms with Crippen molar-refractivity contribution in [2.75, 3.05) is 25.5 Å². The Morgan fingerprint density at radius 2 is 1.64 bits per heavy atom. The van der Waals surface area contributed by atoms with Crippen molar-refractivity contribution in [2.45, 2.75) is 30.6 Å². The molecule has 0 aliphatic heterocycles. The Morgan fingerprint density at radius 1 is 0.909 bits per heavy atom. The zero-order valence-corrected chi connectivity index (χ0v) is 25.9. The number of fused-ring (bicyclic) bond motifs is 1. The fourth-order valence-corrected chi connectivity index (χ4v) is 5.91. The highest BCUT2D eigenvalue weighted by Crippen LogP contribution is 2.37. The maximum atomic E-state index is 13.4. The average molecular weight is 634 g/mol. The highest BCUT2D eigenvalue weighted by Gasteiger charge is 2.21. The smallest absolute Gasteiger partial charge is 0.305 e. The first-order chi connectivity index (χ1) is 21.3. The molecule has 0 saturated heterocycles. The normalized spacial score (nSPS) is 11.3. The molecule has 0 bridgehead atoms. The Kier molecular flexibility index (Phi) is 9.72. The summed E-state index contributed by atoms with van der Waals surface area (Å²) in [5, 5.41) is 0.430. The first kappa shape index (κ1) is 30.9. The standard InChI is InChI=1S/C33H32ClN3O6S/c1-41-26-16-14-25(15-17-26)37-30-22-31(43-20-8-4-7-11-32(38)42-2)29(36-44(39,40)27-18-12-24(34)13-19-27)21-28(30)35-33(37)23-9-5-3-6-10-23/h3,5-6,9-10,12-19,21-22,36H,4,7-8,11,20H2,1-2H3. The maximum absolute atomic E-state index is 13.4. The van der Waals surface area contributed by atoms with Crippen molar-refractivity contribution in [3.63, 3.8) is 0 Å². The summed E-state index contributed by atoms with van der Waals surface area (Å²) in [6, 6.07) is 26.8. The van der Waals surface area contributed by atoms with Crippen LogP contribution in [0.2, 0.25) is 5.02 Å². The summed E-state index contributed by atoms with van der Waals surface area (Å²) < 4.78 is 47.7. The van der Waals surface area contributed by atoms with Gasteiger partial charge < -0.3 is 14.2 Å². The SMILES string of the molecule is COC(=O)CCCCCOc1cc2c(cc1NS(=O)(=O)c1ccc(Cl)cc1)nc(-c1ccccc1)n2-c1ccc(OC)cc1. The van der Waals surface area contributed by atoms with E-state index < -0.39 is 10.0 Å². The Balaban J connectivity index is 1.57. The minimum atomic E-state index is -3.98. The number of rotatable bonds is 13. The molecule has 0 fully saturated rings. The van der Waals surface area contributed by atoms with Crippen molar-refractivity contribution in [2.24, 2.45) is 0 Å². The fourth-order valence-electron chi connectivity index (χ4n) is 4.73. The predicted molar refractivity (Wildman–Crippen MR) is 171 cm³/mol. The predicted octanol–water partition coefficient (Wildman–Crippen LogP) is 7.27. The van der Waals surface area contributed by atoms with Gasteiger partial charge in [-0.15, -0.1) is 0 Å². The summed E-state index contributed by atoms with van der Waals surface area (Å²) in [6.45, 7) is 0.310. The number of carbonyl (C=O) groups is 1. The zero-order chi connectivity index (χ0) is 31.1. The number of halogens is 1. The summed E-state index contributed by atoms with van der Waals surface area (Å²) >= 11 is 5.99. The number of nitrogens with one attached hydrogen (secondary N) is 1. The lowest BCUT2D eigenvalue weighted by molar-refractivity contribution is -0.140. The Hall–Kier alpha value is -4.54. The number of esters is 1. The van der Waals surface area contributed by atoms with Gasteiger partial charge in [-0.25, -0.2) is 13.4 Å². The van der Waals surface area contributed by atoms with Gasteiger partial charge in [-0.1, -0.05) is 41.9 Å². The molecule has 44 heavy (non-hydrogen) atoms. The van der Waals surface area contributed by atoms with Gasteiger partial charge in [0, 0.05) is 28.8 Å². The van der Waals surface area contributed by atoms with Crippen LogP contribution in [0, 0.1) is 0 Å². The van der Waals surface area contributed by atoms with E-state index >= 15 is 0 Å². The van der Waals surface area contributed by atoms with Gasteiger partial charge in [0.2, 0.25) is 0 Å². The fraction of sp³-hybridized carbons (Fsp3) is 0.212. The molecule has 11 heteroatoms. The Morgan fingerprint density at radius 3 is 2.32 bits per heavy atom. The number of unbranched alkanes of at least 4 members (excludes halogenated alkanes) is 2. The van der Waals surface area contributed by atoms with Crippen LogP contribution in [-0.4, -0.2) is 44.8 Å². The lowest BCUT2D eigenvalue weighted by Crippen LogP contribution is -2.14. The molecule has 1 heterocycles. The Bertz CT molecular complexity index is 1840. The van der Waals surface area contributed by atoms with Gasteiger partial charge in [0.05, 0.1) is 42.4 Å². The number of sulfonamides is 1. The van der Waals surface area contributed by atoms with Crippen molar-refractivity contribution in [3.05, 3.63) is 96.0 Å². The first-order valence-corrected chi connectivity index (χ1v) is 15.9. The van der Waals surface area contributed by atoms with Crippen molar-refractivity contribution in [1.82, 2.24) is 9.55 Å².